The molecule has 0 unspecified atom stereocenters. The molecule has 0 saturated heterocycles. The average molecular weight is 391 g/mol. The molecule has 7 heteroatoms. The Kier molecular flexibility index (Phi) is 5.11. The van der Waals surface area contributed by atoms with Crippen molar-refractivity contribution in [1.29, 1.82) is 0 Å². The topological polar surface area (TPSA) is 68.0 Å². The number of amides is 1. The highest BCUT2D eigenvalue weighted by Gasteiger charge is 2.25. The summed E-state index contributed by atoms with van der Waals surface area (Å²) in [5.41, 5.74) is 1.27. The van der Waals surface area contributed by atoms with E-state index in [0.29, 0.717) is 5.56 Å². The fourth-order valence-electron chi connectivity index (χ4n) is 3.01. The van der Waals surface area contributed by atoms with Crippen LogP contribution in [0, 0.1) is 11.6 Å². The van der Waals surface area contributed by atoms with Crippen molar-refractivity contribution >= 4 is 11.8 Å². The maximum absolute atomic E-state index is 14.4. The monoisotopic (exact) mass is 391 g/mol. The van der Waals surface area contributed by atoms with Crippen LogP contribution in [0.4, 0.5) is 14.7 Å². The zero-order valence-corrected chi connectivity index (χ0v) is 15.1. The molecule has 0 radical (unpaired) electrons. The Labute approximate surface area is 165 Å². The lowest BCUT2D eigenvalue weighted by Gasteiger charge is -2.07. The molecule has 0 atom stereocenters. The summed E-state index contributed by atoms with van der Waals surface area (Å²) < 4.78 is 34.0. The van der Waals surface area contributed by atoms with Gasteiger partial charge in [0.25, 0.3) is 0 Å². The summed E-state index contributed by atoms with van der Waals surface area (Å²) in [6.45, 7) is 0. The summed E-state index contributed by atoms with van der Waals surface area (Å²) in [6.07, 6.45) is 3.17. The summed E-state index contributed by atoms with van der Waals surface area (Å²) in [5, 5.41) is 6.51. The number of halogens is 2. The van der Waals surface area contributed by atoms with Gasteiger partial charge in [-0.3, -0.25) is 15.1 Å². The van der Waals surface area contributed by atoms with Crippen molar-refractivity contribution in [3.63, 3.8) is 0 Å². The van der Waals surface area contributed by atoms with Gasteiger partial charge in [0.1, 0.15) is 17.3 Å². The van der Waals surface area contributed by atoms with E-state index in [1.54, 1.807) is 12.1 Å². The molecule has 0 bridgehead atoms. The van der Waals surface area contributed by atoms with Crippen molar-refractivity contribution in [2.45, 2.75) is 6.42 Å². The van der Waals surface area contributed by atoms with Crippen LogP contribution in [0.3, 0.4) is 0 Å². The second-order valence-corrected chi connectivity index (χ2v) is 6.28. The third-order valence-corrected chi connectivity index (χ3v) is 4.32. The number of carbonyl (C=O) groups excluding carboxylic acids is 1. The minimum atomic E-state index is -0.782. The molecule has 0 aliphatic rings. The molecule has 2 heterocycles. The smallest absolute Gasteiger partial charge is 0.239 e. The van der Waals surface area contributed by atoms with E-state index in [0.717, 1.165) is 17.7 Å². The number of hydrogen-bond donors (Lipinski definition) is 1. The highest BCUT2D eigenvalue weighted by Crippen LogP contribution is 2.39. The van der Waals surface area contributed by atoms with Crippen molar-refractivity contribution in [1.82, 2.24) is 10.1 Å². The second-order valence-electron chi connectivity index (χ2n) is 6.28. The lowest BCUT2D eigenvalue weighted by atomic mass is 10.0. The van der Waals surface area contributed by atoms with Gasteiger partial charge in [-0.25, -0.2) is 8.78 Å². The summed E-state index contributed by atoms with van der Waals surface area (Å²) in [5.74, 6) is -1.90. The largest absolute Gasteiger partial charge is 0.337 e. The molecule has 5 nitrogen and oxygen atoms in total. The fraction of sp³-hybridized carbons (Fsp3) is 0.0455. The maximum Gasteiger partial charge on any atom is 0.239 e. The van der Waals surface area contributed by atoms with E-state index in [4.69, 9.17) is 4.52 Å². The average Bonchev–Trinajstić information content (AvgIpc) is 3.12. The molecule has 1 amide bonds. The van der Waals surface area contributed by atoms with Crippen LogP contribution in [0.5, 0.6) is 0 Å². The molecule has 0 saturated carbocycles. The third-order valence-electron chi connectivity index (χ3n) is 4.32. The van der Waals surface area contributed by atoms with Crippen molar-refractivity contribution < 1.29 is 18.1 Å². The lowest BCUT2D eigenvalue weighted by molar-refractivity contribution is -0.115. The van der Waals surface area contributed by atoms with Gasteiger partial charge in [-0.2, -0.15) is 0 Å². The maximum atomic E-state index is 14.4. The van der Waals surface area contributed by atoms with Gasteiger partial charge < -0.3 is 4.52 Å². The number of anilines is 1. The first kappa shape index (κ1) is 18.5. The first-order chi connectivity index (χ1) is 14.1. The molecule has 2 aromatic heterocycles. The van der Waals surface area contributed by atoms with Crippen LogP contribution >= 0.6 is 0 Å². The number of pyridine rings is 1. The summed E-state index contributed by atoms with van der Waals surface area (Å²) >= 11 is 0. The number of benzene rings is 2. The minimum Gasteiger partial charge on any atom is -0.337 e. The quantitative estimate of drug-likeness (QED) is 0.527. The Morgan fingerprint density at radius 3 is 2.28 bits per heavy atom. The molecular formula is C22H15F2N3O2. The van der Waals surface area contributed by atoms with E-state index < -0.39 is 11.6 Å². The van der Waals surface area contributed by atoms with Gasteiger partial charge in [0.05, 0.1) is 17.5 Å². The first-order valence-corrected chi connectivity index (χ1v) is 8.81. The Bertz CT molecular complexity index is 1130. The molecule has 1 N–H and O–H groups in total. The van der Waals surface area contributed by atoms with Gasteiger partial charge in [0, 0.05) is 12.4 Å². The van der Waals surface area contributed by atoms with Crippen LogP contribution in [0.2, 0.25) is 0 Å². The molecule has 4 aromatic rings. The molecular weight excluding hydrogens is 376 g/mol. The van der Waals surface area contributed by atoms with Crippen LogP contribution in [0.25, 0.3) is 22.4 Å². The van der Waals surface area contributed by atoms with Crippen LogP contribution in [-0.4, -0.2) is 16.0 Å². The Hall–Kier alpha value is -3.87. The third kappa shape index (κ3) is 3.89. The van der Waals surface area contributed by atoms with Crippen LogP contribution in [-0.2, 0) is 11.2 Å². The molecule has 2 aromatic carbocycles. The fourth-order valence-corrected chi connectivity index (χ4v) is 3.01. The van der Waals surface area contributed by atoms with Crippen LogP contribution in [0.1, 0.15) is 5.56 Å². The van der Waals surface area contributed by atoms with Gasteiger partial charge in [-0.1, -0.05) is 41.6 Å². The number of aromatic nitrogens is 2. The van der Waals surface area contributed by atoms with Crippen LogP contribution < -0.4 is 5.32 Å². The summed E-state index contributed by atoms with van der Waals surface area (Å²) in [6, 6.07) is 16.0. The van der Waals surface area contributed by atoms with E-state index in [1.807, 2.05) is 30.3 Å². The molecule has 29 heavy (non-hydrogen) atoms. The van der Waals surface area contributed by atoms with Gasteiger partial charge in [0.15, 0.2) is 0 Å². The summed E-state index contributed by atoms with van der Waals surface area (Å²) in [4.78, 5) is 16.4. The predicted octanol–water partition coefficient (Wildman–Crippen LogP) is 4.86. The molecule has 0 aliphatic heterocycles. The van der Waals surface area contributed by atoms with E-state index >= 15 is 0 Å². The van der Waals surface area contributed by atoms with Gasteiger partial charge in [-0.15, -0.1) is 0 Å². The normalized spacial score (nSPS) is 10.7. The zero-order valence-electron chi connectivity index (χ0n) is 15.1. The first-order valence-electron chi connectivity index (χ1n) is 8.81. The van der Waals surface area contributed by atoms with E-state index in [9.17, 15) is 13.6 Å². The second kappa shape index (κ2) is 8.02. The van der Waals surface area contributed by atoms with Crippen molar-refractivity contribution in [2.24, 2.45) is 0 Å². The van der Waals surface area contributed by atoms with E-state index in [-0.39, 0.29) is 35.0 Å². The number of hydrogen-bond acceptors (Lipinski definition) is 4. The predicted molar refractivity (Wildman–Crippen MR) is 104 cm³/mol. The number of nitrogens with zero attached hydrogens (tertiary/aromatic N) is 2. The van der Waals surface area contributed by atoms with Gasteiger partial charge >= 0.3 is 0 Å². The molecule has 4 rings (SSSR count). The Balaban J connectivity index is 1.75. The number of rotatable bonds is 5. The standard InChI is InChI=1S/C22H15F2N3O2/c23-16-7-4-8-17(24)20(16)21-19(15-9-11-25-12-10-15)22(29-27-21)26-18(28)13-14-5-2-1-3-6-14/h1-12H,13H2,(H,26,28). The summed E-state index contributed by atoms with van der Waals surface area (Å²) in [7, 11) is 0. The zero-order chi connectivity index (χ0) is 20.2. The molecule has 0 fully saturated rings. The lowest BCUT2D eigenvalue weighted by Crippen LogP contribution is -2.14. The van der Waals surface area contributed by atoms with Gasteiger partial charge in [0.2, 0.25) is 11.8 Å². The van der Waals surface area contributed by atoms with Crippen molar-refractivity contribution in [3.8, 4) is 22.4 Å². The van der Waals surface area contributed by atoms with Crippen LogP contribution in [0.15, 0.2) is 77.6 Å². The van der Waals surface area contributed by atoms with Gasteiger partial charge in [-0.05, 0) is 35.4 Å². The molecule has 0 spiro atoms. The number of carbonyl (C=O) groups is 1. The number of nitrogens with one attached hydrogen (secondary N) is 1. The molecule has 0 aliphatic carbocycles. The van der Waals surface area contributed by atoms with Crippen molar-refractivity contribution in [2.75, 3.05) is 5.32 Å². The van der Waals surface area contributed by atoms with E-state index in [2.05, 4.69) is 15.5 Å². The minimum absolute atomic E-state index is 0.00906. The highest BCUT2D eigenvalue weighted by atomic mass is 19.1. The Morgan fingerprint density at radius 1 is 0.897 bits per heavy atom. The van der Waals surface area contributed by atoms with Crippen molar-refractivity contribution in [3.05, 3.63) is 90.3 Å². The Morgan fingerprint density at radius 2 is 1.59 bits per heavy atom. The van der Waals surface area contributed by atoms with E-state index in [1.165, 1.54) is 18.5 Å². The highest BCUT2D eigenvalue weighted by molar-refractivity contribution is 5.98. The SMILES string of the molecule is O=C(Cc1ccccc1)Nc1onc(-c2c(F)cccc2F)c1-c1ccncc1. The molecule has 144 valence electrons.